The Hall–Kier alpha value is -3.12. The molecule has 1 aliphatic rings. The van der Waals surface area contributed by atoms with E-state index in [1.807, 2.05) is 41.8 Å². The Morgan fingerprint density at radius 1 is 1.13 bits per heavy atom. The van der Waals surface area contributed by atoms with Gasteiger partial charge in [0.05, 0.1) is 24.8 Å². The fourth-order valence-corrected chi connectivity index (χ4v) is 4.59. The average Bonchev–Trinajstić information content (AvgIpc) is 3.27. The first-order valence-corrected chi connectivity index (χ1v) is 11.5. The molecule has 4 rings (SSSR count). The topological polar surface area (TPSA) is 58.6 Å². The molecule has 160 valence electrons. The summed E-state index contributed by atoms with van der Waals surface area (Å²) in [6.07, 6.45) is 2.38. The Labute approximate surface area is 186 Å². The number of aryl methyl sites for hydroxylation is 1. The molecule has 2 aromatic carbocycles. The van der Waals surface area contributed by atoms with Crippen LogP contribution in [0.5, 0.6) is 5.75 Å². The number of nitrogens with one attached hydrogen (secondary N) is 1. The number of nitrogens with zero attached hydrogens (tertiary/aromatic N) is 1. The SMILES string of the molecule is CCCc1ccc([C@@H](NC(=O)CN2C(=O)CCOc3ccccc32)c2cccs2)cc1. The lowest BCUT2D eigenvalue weighted by Crippen LogP contribution is -2.41. The number of rotatable bonds is 7. The highest BCUT2D eigenvalue weighted by atomic mass is 32.1. The summed E-state index contributed by atoms with van der Waals surface area (Å²) in [6, 6.07) is 19.5. The lowest BCUT2D eigenvalue weighted by Gasteiger charge is -2.24. The standard InChI is InChI=1S/C25H26N2O3S/c1-2-6-18-10-12-19(13-11-18)25(22-9-5-16-31-22)26-23(28)17-27-20-7-3-4-8-21(20)30-15-14-24(27)29/h3-5,7-13,16,25H,2,6,14-15,17H2,1H3,(H,26,28)/t25-/m1/s1. The predicted molar refractivity (Wildman–Crippen MR) is 124 cm³/mol. The number of ether oxygens (including phenoxy) is 1. The summed E-state index contributed by atoms with van der Waals surface area (Å²) < 4.78 is 5.68. The first-order valence-electron chi connectivity index (χ1n) is 10.6. The molecule has 1 N–H and O–H groups in total. The maximum absolute atomic E-state index is 13.1. The minimum absolute atomic E-state index is 0.0466. The summed E-state index contributed by atoms with van der Waals surface area (Å²) in [5, 5.41) is 5.15. The van der Waals surface area contributed by atoms with Gasteiger partial charge in [-0.15, -0.1) is 11.3 Å². The largest absolute Gasteiger partial charge is 0.491 e. The molecule has 0 bridgehead atoms. The molecule has 1 aromatic heterocycles. The van der Waals surface area contributed by atoms with Gasteiger partial charge in [0.25, 0.3) is 0 Å². The number of hydrogen-bond acceptors (Lipinski definition) is 4. The lowest BCUT2D eigenvalue weighted by atomic mass is 10.0. The molecule has 6 heteroatoms. The summed E-state index contributed by atoms with van der Waals surface area (Å²) in [7, 11) is 0. The first kappa shape index (κ1) is 21.1. The number of anilines is 1. The van der Waals surface area contributed by atoms with E-state index in [0.717, 1.165) is 23.3 Å². The molecular formula is C25H26N2O3S. The Morgan fingerprint density at radius 2 is 1.94 bits per heavy atom. The smallest absolute Gasteiger partial charge is 0.240 e. The van der Waals surface area contributed by atoms with E-state index in [4.69, 9.17) is 4.74 Å². The van der Waals surface area contributed by atoms with Crippen molar-refractivity contribution in [1.82, 2.24) is 5.32 Å². The number of amides is 2. The number of carbonyl (C=O) groups is 2. The van der Waals surface area contributed by atoms with Gasteiger partial charge in [-0.1, -0.05) is 55.8 Å². The molecule has 0 unspecified atom stereocenters. The van der Waals surface area contributed by atoms with Crippen LogP contribution in [0.15, 0.2) is 66.0 Å². The zero-order chi connectivity index (χ0) is 21.6. The third kappa shape index (κ3) is 4.97. The van der Waals surface area contributed by atoms with Gasteiger partial charge in [0.2, 0.25) is 11.8 Å². The molecule has 1 aliphatic heterocycles. The third-order valence-electron chi connectivity index (χ3n) is 5.32. The van der Waals surface area contributed by atoms with Crippen molar-refractivity contribution in [1.29, 1.82) is 0 Å². The fourth-order valence-electron chi connectivity index (χ4n) is 3.78. The molecule has 0 spiro atoms. The minimum atomic E-state index is -0.253. The summed E-state index contributed by atoms with van der Waals surface area (Å²) in [6.45, 7) is 2.43. The van der Waals surface area contributed by atoms with Crippen molar-refractivity contribution in [3.05, 3.63) is 82.0 Å². The fraction of sp³-hybridized carbons (Fsp3) is 0.280. The third-order valence-corrected chi connectivity index (χ3v) is 6.25. The van der Waals surface area contributed by atoms with E-state index >= 15 is 0 Å². The highest BCUT2D eigenvalue weighted by Crippen LogP contribution is 2.31. The van der Waals surface area contributed by atoms with Crippen LogP contribution >= 0.6 is 11.3 Å². The summed E-state index contributed by atoms with van der Waals surface area (Å²) >= 11 is 1.61. The van der Waals surface area contributed by atoms with Gasteiger partial charge in [0, 0.05) is 4.88 Å². The number of para-hydroxylation sites is 2. The van der Waals surface area contributed by atoms with Crippen LogP contribution in [0.1, 0.15) is 41.8 Å². The van der Waals surface area contributed by atoms with Crippen LogP contribution in [-0.2, 0) is 16.0 Å². The number of hydrogen-bond donors (Lipinski definition) is 1. The van der Waals surface area contributed by atoms with Gasteiger partial charge in [-0.05, 0) is 41.1 Å². The molecule has 0 saturated heterocycles. The van der Waals surface area contributed by atoms with Gasteiger partial charge in [-0.2, -0.15) is 0 Å². The summed E-state index contributed by atoms with van der Waals surface area (Å²) in [5.41, 5.74) is 2.95. The molecule has 0 aliphatic carbocycles. The van der Waals surface area contributed by atoms with Crippen molar-refractivity contribution < 1.29 is 14.3 Å². The Morgan fingerprint density at radius 3 is 2.68 bits per heavy atom. The Balaban J connectivity index is 1.55. The van der Waals surface area contributed by atoms with Crippen LogP contribution in [-0.4, -0.2) is 25.0 Å². The second-order valence-electron chi connectivity index (χ2n) is 7.55. The number of fused-ring (bicyclic) bond motifs is 1. The van der Waals surface area contributed by atoms with Gasteiger partial charge in [0.15, 0.2) is 0 Å². The zero-order valence-corrected chi connectivity index (χ0v) is 18.4. The van der Waals surface area contributed by atoms with Gasteiger partial charge < -0.3 is 10.1 Å². The van der Waals surface area contributed by atoms with Crippen LogP contribution in [0.3, 0.4) is 0 Å². The molecule has 1 atom stereocenters. The van der Waals surface area contributed by atoms with Crippen molar-refractivity contribution in [3.8, 4) is 5.75 Å². The lowest BCUT2D eigenvalue weighted by molar-refractivity contribution is -0.124. The molecule has 2 heterocycles. The van der Waals surface area contributed by atoms with Crippen molar-refractivity contribution in [2.24, 2.45) is 0 Å². The van der Waals surface area contributed by atoms with E-state index in [2.05, 4.69) is 36.5 Å². The molecule has 3 aromatic rings. The molecule has 31 heavy (non-hydrogen) atoms. The maximum atomic E-state index is 13.1. The second kappa shape index (κ2) is 9.79. The van der Waals surface area contributed by atoms with Gasteiger partial charge in [-0.3, -0.25) is 14.5 Å². The molecule has 0 fully saturated rings. The quantitative estimate of drug-likeness (QED) is 0.585. The summed E-state index contributed by atoms with van der Waals surface area (Å²) in [5.74, 6) is 0.306. The van der Waals surface area contributed by atoms with Gasteiger partial charge in [-0.25, -0.2) is 0 Å². The van der Waals surface area contributed by atoms with Crippen LogP contribution in [0.25, 0.3) is 0 Å². The predicted octanol–water partition coefficient (Wildman–Crippen LogP) is 4.72. The molecule has 0 saturated carbocycles. The maximum Gasteiger partial charge on any atom is 0.240 e. The molecular weight excluding hydrogens is 408 g/mol. The van der Waals surface area contributed by atoms with Gasteiger partial charge >= 0.3 is 0 Å². The normalized spacial score (nSPS) is 14.4. The van der Waals surface area contributed by atoms with E-state index in [0.29, 0.717) is 18.0 Å². The van der Waals surface area contributed by atoms with Crippen molar-refractivity contribution in [3.63, 3.8) is 0 Å². The number of carbonyl (C=O) groups excluding carboxylic acids is 2. The zero-order valence-electron chi connectivity index (χ0n) is 17.5. The first-order chi connectivity index (χ1) is 15.2. The highest BCUT2D eigenvalue weighted by molar-refractivity contribution is 7.10. The molecule has 0 radical (unpaired) electrons. The van der Waals surface area contributed by atoms with Crippen molar-refractivity contribution in [2.45, 2.75) is 32.2 Å². The van der Waals surface area contributed by atoms with E-state index in [9.17, 15) is 9.59 Å². The van der Waals surface area contributed by atoms with Gasteiger partial charge in [0.1, 0.15) is 12.3 Å². The van der Waals surface area contributed by atoms with E-state index in [1.165, 1.54) is 10.5 Å². The van der Waals surface area contributed by atoms with E-state index in [-0.39, 0.29) is 30.8 Å². The van der Waals surface area contributed by atoms with E-state index in [1.54, 1.807) is 11.3 Å². The Bertz CT molecular complexity index is 1030. The van der Waals surface area contributed by atoms with E-state index < -0.39 is 0 Å². The average molecular weight is 435 g/mol. The van der Waals surface area contributed by atoms with Crippen molar-refractivity contribution in [2.75, 3.05) is 18.1 Å². The van der Waals surface area contributed by atoms with Crippen LogP contribution in [0.2, 0.25) is 0 Å². The van der Waals surface area contributed by atoms with Crippen LogP contribution in [0.4, 0.5) is 5.69 Å². The van der Waals surface area contributed by atoms with Crippen LogP contribution in [0, 0.1) is 0 Å². The highest BCUT2D eigenvalue weighted by Gasteiger charge is 2.26. The number of benzene rings is 2. The summed E-state index contributed by atoms with van der Waals surface area (Å²) in [4.78, 5) is 28.3. The number of thiophene rings is 1. The minimum Gasteiger partial charge on any atom is -0.491 e. The Kier molecular flexibility index (Phi) is 6.67. The van der Waals surface area contributed by atoms with Crippen LogP contribution < -0.4 is 15.0 Å². The molecule has 2 amide bonds. The molecule has 5 nitrogen and oxygen atoms in total. The monoisotopic (exact) mass is 434 g/mol. The second-order valence-corrected chi connectivity index (χ2v) is 8.53. The van der Waals surface area contributed by atoms with Crippen molar-refractivity contribution >= 4 is 28.8 Å².